The summed E-state index contributed by atoms with van der Waals surface area (Å²) in [6, 6.07) is 4.11. The molecular weight excluding hydrogens is 305 g/mol. The first-order chi connectivity index (χ1) is 7.96. The van der Waals surface area contributed by atoms with Crippen LogP contribution in [0.2, 0.25) is 0 Å². The summed E-state index contributed by atoms with van der Waals surface area (Å²) in [5.41, 5.74) is 0.0722. The van der Waals surface area contributed by atoms with Gasteiger partial charge in [-0.15, -0.1) is 23.4 Å². The maximum atomic E-state index is 12.2. The largest absolute Gasteiger partial charge is 0.573 e. The summed E-state index contributed by atoms with van der Waals surface area (Å²) in [6.07, 6.45) is -3.76. The Hall–Kier alpha value is -1.57. The van der Waals surface area contributed by atoms with E-state index < -0.39 is 12.1 Å². The molecule has 17 heavy (non-hydrogen) atoms. The Labute approximate surface area is 102 Å². The van der Waals surface area contributed by atoms with Gasteiger partial charge in [0.2, 0.25) is 6.39 Å². The highest BCUT2D eigenvalue weighted by Gasteiger charge is 2.32. The molecule has 1 heterocycles. The van der Waals surface area contributed by atoms with E-state index in [9.17, 15) is 13.2 Å². The van der Waals surface area contributed by atoms with Gasteiger partial charge >= 0.3 is 6.36 Å². The van der Waals surface area contributed by atoms with E-state index in [1.165, 1.54) is 12.1 Å². The summed E-state index contributed by atoms with van der Waals surface area (Å²) in [4.78, 5) is 0. The second-order valence-corrected chi connectivity index (χ2v) is 3.85. The topological polar surface area (TPSA) is 48.2 Å². The predicted molar refractivity (Wildman–Crippen MR) is 54.1 cm³/mol. The fraction of sp³-hybridized carbons (Fsp3) is 0.111. The van der Waals surface area contributed by atoms with E-state index in [1.54, 1.807) is 6.07 Å². The Morgan fingerprint density at radius 3 is 2.65 bits per heavy atom. The molecule has 0 N–H and O–H groups in total. The zero-order chi connectivity index (χ0) is 12.5. The number of ether oxygens (including phenoxy) is 1. The monoisotopic (exact) mass is 308 g/mol. The van der Waals surface area contributed by atoms with Crippen LogP contribution < -0.4 is 4.74 Å². The standard InChI is InChI=1S/C9H4BrF3N2O2/c10-5-1-2-6(8-15-14-4-16-8)7(3-5)17-9(11,12)13/h1-4H. The van der Waals surface area contributed by atoms with Crippen molar-refractivity contribution in [2.75, 3.05) is 0 Å². The molecule has 0 unspecified atom stereocenters. The molecule has 1 aromatic carbocycles. The van der Waals surface area contributed by atoms with Crippen LogP contribution in [-0.4, -0.2) is 16.6 Å². The van der Waals surface area contributed by atoms with Crippen molar-refractivity contribution in [2.45, 2.75) is 6.36 Å². The summed E-state index contributed by atoms with van der Waals surface area (Å²) in [5.74, 6) is -0.451. The quantitative estimate of drug-likeness (QED) is 0.853. The van der Waals surface area contributed by atoms with Gasteiger partial charge < -0.3 is 9.15 Å². The first kappa shape index (κ1) is 11.9. The van der Waals surface area contributed by atoms with Gasteiger partial charge in [0.25, 0.3) is 5.89 Å². The zero-order valence-electron chi connectivity index (χ0n) is 8.03. The van der Waals surface area contributed by atoms with Crippen molar-refractivity contribution < 1.29 is 22.3 Å². The maximum absolute atomic E-state index is 12.2. The van der Waals surface area contributed by atoms with Gasteiger partial charge in [0, 0.05) is 4.47 Å². The third kappa shape index (κ3) is 2.96. The van der Waals surface area contributed by atoms with Gasteiger partial charge in [0.1, 0.15) is 5.75 Å². The van der Waals surface area contributed by atoms with Crippen LogP contribution in [0.3, 0.4) is 0 Å². The van der Waals surface area contributed by atoms with E-state index in [0.717, 1.165) is 6.39 Å². The Bertz CT molecular complexity index is 513. The third-order valence-electron chi connectivity index (χ3n) is 1.76. The van der Waals surface area contributed by atoms with Gasteiger partial charge in [-0.25, -0.2) is 0 Å². The summed E-state index contributed by atoms with van der Waals surface area (Å²) in [6.45, 7) is 0. The molecular formula is C9H4BrF3N2O2. The smallest absolute Gasteiger partial charge is 0.423 e. The van der Waals surface area contributed by atoms with E-state index in [4.69, 9.17) is 4.42 Å². The number of nitrogens with zero attached hydrogens (tertiary/aromatic N) is 2. The lowest BCUT2D eigenvalue weighted by Gasteiger charge is -2.11. The Balaban J connectivity index is 2.45. The molecule has 0 bridgehead atoms. The lowest BCUT2D eigenvalue weighted by atomic mass is 10.2. The Morgan fingerprint density at radius 2 is 2.06 bits per heavy atom. The number of hydrogen-bond donors (Lipinski definition) is 0. The normalized spacial score (nSPS) is 11.5. The van der Waals surface area contributed by atoms with Crippen molar-refractivity contribution in [1.29, 1.82) is 0 Å². The Kier molecular flexibility index (Phi) is 3.05. The zero-order valence-corrected chi connectivity index (χ0v) is 9.62. The fourth-order valence-electron chi connectivity index (χ4n) is 1.17. The molecule has 2 aromatic rings. The van der Waals surface area contributed by atoms with Gasteiger partial charge in [-0.2, -0.15) is 0 Å². The highest BCUT2D eigenvalue weighted by Crippen LogP contribution is 2.34. The lowest BCUT2D eigenvalue weighted by molar-refractivity contribution is -0.274. The molecule has 0 saturated heterocycles. The molecule has 0 aliphatic carbocycles. The maximum Gasteiger partial charge on any atom is 0.573 e. The van der Waals surface area contributed by atoms with E-state index in [-0.39, 0.29) is 11.5 Å². The van der Waals surface area contributed by atoms with Crippen molar-refractivity contribution in [1.82, 2.24) is 10.2 Å². The van der Waals surface area contributed by atoms with Gasteiger partial charge in [-0.1, -0.05) is 15.9 Å². The van der Waals surface area contributed by atoms with Crippen molar-refractivity contribution in [3.05, 3.63) is 29.1 Å². The van der Waals surface area contributed by atoms with Crippen LogP contribution >= 0.6 is 15.9 Å². The van der Waals surface area contributed by atoms with Crippen LogP contribution in [0.15, 0.2) is 33.5 Å². The molecule has 8 heteroatoms. The van der Waals surface area contributed by atoms with Gasteiger partial charge in [-0.05, 0) is 18.2 Å². The molecule has 2 rings (SSSR count). The fourth-order valence-corrected chi connectivity index (χ4v) is 1.51. The number of rotatable bonds is 2. The second kappa shape index (κ2) is 4.36. The molecule has 4 nitrogen and oxygen atoms in total. The predicted octanol–water partition coefficient (Wildman–Crippen LogP) is 3.40. The number of aromatic nitrogens is 2. The average molecular weight is 309 g/mol. The molecule has 0 amide bonds. The molecule has 0 radical (unpaired) electrons. The van der Waals surface area contributed by atoms with E-state index in [0.29, 0.717) is 4.47 Å². The lowest BCUT2D eigenvalue weighted by Crippen LogP contribution is -2.17. The van der Waals surface area contributed by atoms with Crippen molar-refractivity contribution in [2.24, 2.45) is 0 Å². The minimum Gasteiger partial charge on any atom is -0.423 e. The molecule has 0 fully saturated rings. The Morgan fingerprint density at radius 1 is 1.29 bits per heavy atom. The summed E-state index contributed by atoms with van der Waals surface area (Å²) in [7, 11) is 0. The van der Waals surface area contributed by atoms with Crippen molar-refractivity contribution in [3.8, 4) is 17.2 Å². The highest BCUT2D eigenvalue weighted by atomic mass is 79.9. The molecule has 90 valence electrons. The summed E-state index contributed by atoms with van der Waals surface area (Å²) in [5, 5.41) is 6.92. The van der Waals surface area contributed by atoms with Crippen molar-refractivity contribution >= 4 is 15.9 Å². The highest BCUT2D eigenvalue weighted by molar-refractivity contribution is 9.10. The van der Waals surface area contributed by atoms with Crippen LogP contribution in [0.4, 0.5) is 13.2 Å². The molecule has 0 aliphatic heterocycles. The molecule has 0 saturated carbocycles. The molecule has 0 aliphatic rings. The van der Waals surface area contributed by atoms with E-state index in [2.05, 4.69) is 30.9 Å². The van der Waals surface area contributed by atoms with Crippen LogP contribution in [0.5, 0.6) is 5.75 Å². The second-order valence-electron chi connectivity index (χ2n) is 2.93. The van der Waals surface area contributed by atoms with E-state index >= 15 is 0 Å². The third-order valence-corrected chi connectivity index (χ3v) is 2.25. The molecule has 0 spiro atoms. The first-order valence-electron chi connectivity index (χ1n) is 4.27. The van der Waals surface area contributed by atoms with E-state index in [1.807, 2.05) is 0 Å². The number of halogens is 4. The van der Waals surface area contributed by atoms with Crippen LogP contribution in [0.25, 0.3) is 11.5 Å². The molecule has 0 atom stereocenters. The number of benzene rings is 1. The minimum atomic E-state index is -4.78. The van der Waals surface area contributed by atoms with Gasteiger partial charge in [0.05, 0.1) is 5.56 Å². The summed E-state index contributed by atoms with van der Waals surface area (Å²) < 4.78 is 45.7. The summed E-state index contributed by atoms with van der Waals surface area (Å²) >= 11 is 3.05. The molecule has 1 aromatic heterocycles. The first-order valence-corrected chi connectivity index (χ1v) is 5.07. The average Bonchev–Trinajstić information content (AvgIpc) is 2.68. The SMILES string of the molecule is FC(F)(F)Oc1cc(Br)ccc1-c1nnco1. The number of hydrogen-bond acceptors (Lipinski definition) is 4. The van der Waals surface area contributed by atoms with Crippen LogP contribution in [0.1, 0.15) is 0 Å². The van der Waals surface area contributed by atoms with Crippen LogP contribution in [-0.2, 0) is 0 Å². The van der Waals surface area contributed by atoms with Gasteiger partial charge in [-0.3, -0.25) is 0 Å². The van der Waals surface area contributed by atoms with Gasteiger partial charge in [0.15, 0.2) is 0 Å². The minimum absolute atomic E-state index is 0.0447. The number of alkyl halides is 3. The van der Waals surface area contributed by atoms with Crippen LogP contribution in [0, 0.1) is 0 Å². The van der Waals surface area contributed by atoms with Crippen molar-refractivity contribution in [3.63, 3.8) is 0 Å².